The van der Waals surface area contributed by atoms with Gasteiger partial charge in [-0.2, -0.15) is 0 Å². The van der Waals surface area contributed by atoms with Crippen molar-refractivity contribution < 1.29 is 13.6 Å². The Kier molecular flexibility index (Phi) is 3.01. The zero-order valence-electron chi connectivity index (χ0n) is 8.52. The van der Waals surface area contributed by atoms with Crippen molar-refractivity contribution in [2.24, 2.45) is 0 Å². The molecular formula is C12H9LiO4. The first-order valence-electron chi connectivity index (χ1n) is 4.77. The number of hydrogen-bond donors (Lipinski definition) is 0. The van der Waals surface area contributed by atoms with E-state index < -0.39 is 5.63 Å². The third-order valence-corrected chi connectivity index (χ3v) is 2.49. The fourth-order valence-electron chi connectivity index (χ4n) is 1.79. The molecule has 0 spiro atoms. The van der Waals surface area contributed by atoms with Crippen molar-refractivity contribution in [1.82, 2.24) is 0 Å². The molecule has 0 N–H and O–H groups in total. The van der Waals surface area contributed by atoms with Gasteiger partial charge in [0.2, 0.25) is 5.75 Å². The number of rotatable bonds is 1. The number of hydrogen-bond acceptors (Lipinski definition) is 4. The Bertz CT molecular complexity index is 726. The van der Waals surface area contributed by atoms with Gasteiger partial charge in [-0.15, -0.1) is 0 Å². The van der Waals surface area contributed by atoms with Crippen molar-refractivity contribution in [2.75, 3.05) is 7.11 Å². The predicted octanol–water partition coefficient (Wildman–Crippen LogP) is 1.90. The van der Waals surface area contributed by atoms with Gasteiger partial charge in [-0.3, -0.25) is 0 Å². The van der Waals surface area contributed by atoms with Crippen molar-refractivity contribution in [3.05, 3.63) is 40.9 Å². The molecule has 82 valence electrons. The van der Waals surface area contributed by atoms with Crippen molar-refractivity contribution in [2.45, 2.75) is 0 Å². The maximum atomic E-state index is 11.2. The second-order valence-electron chi connectivity index (χ2n) is 3.42. The van der Waals surface area contributed by atoms with E-state index in [0.717, 1.165) is 10.8 Å². The Balaban J connectivity index is 0.00000108. The van der Waals surface area contributed by atoms with Gasteiger partial charge in [-0.05, 0) is 18.2 Å². The Morgan fingerprint density at radius 3 is 2.65 bits per heavy atom. The van der Waals surface area contributed by atoms with E-state index in [1.165, 1.54) is 13.2 Å². The summed E-state index contributed by atoms with van der Waals surface area (Å²) in [5, 5.41) is 1.73. The van der Waals surface area contributed by atoms with Crippen molar-refractivity contribution in [3.63, 3.8) is 0 Å². The summed E-state index contributed by atoms with van der Waals surface area (Å²) in [4.78, 5) is 11.2. The van der Waals surface area contributed by atoms with Crippen molar-refractivity contribution in [1.29, 1.82) is 0 Å². The summed E-state index contributed by atoms with van der Waals surface area (Å²) in [6.45, 7) is 0. The monoisotopic (exact) mass is 224 g/mol. The first kappa shape index (κ1) is 11.8. The zero-order valence-corrected chi connectivity index (χ0v) is 8.52. The van der Waals surface area contributed by atoms with Crippen LogP contribution < -0.4 is 10.4 Å². The molecule has 0 aliphatic carbocycles. The van der Waals surface area contributed by atoms with E-state index >= 15 is 0 Å². The van der Waals surface area contributed by atoms with Gasteiger partial charge in [0.25, 0.3) is 0 Å². The van der Waals surface area contributed by atoms with E-state index in [1.807, 2.05) is 12.1 Å². The van der Waals surface area contributed by atoms with Gasteiger partial charge in [0.1, 0.15) is 0 Å². The van der Waals surface area contributed by atoms with Crippen LogP contribution in [0.25, 0.3) is 21.9 Å². The fourth-order valence-corrected chi connectivity index (χ4v) is 1.79. The van der Waals surface area contributed by atoms with Crippen molar-refractivity contribution in [3.8, 4) is 5.75 Å². The SMILES string of the molecule is COc1c2occc2cc2ccc(=O)oc12.[LiH]. The number of ether oxygens (including phenoxy) is 1. The van der Waals surface area contributed by atoms with Crippen LogP contribution in [0.3, 0.4) is 0 Å². The number of furan rings is 1. The first-order chi connectivity index (χ1) is 7.79. The van der Waals surface area contributed by atoms with Gasteiger partial charge in [0, 0.05) is 16.8 Å². The second-order valence-corrected chi connectivity index (χ2v) is 3.42. The Hall–Kier alpha value is -1.63. The molecule has 0 saturated heterocycles. The van der Waals surface area contributed by atoms with E-state index in [-0.39, 0.29) is 18.9 Å². The summed E-state index contributed by atoms with van der Waals surface area (Å²) < 4.78 is 15.6. The number of methoxy groups -OCH3 is 1. The molecule has 0 amide bonds. The average molecular weight is 224 g/mol. The van der Waals surface area contributed by atoms with Gasteiger partial charge in [-0.25, -0.2) is 4.79 Å². The summed E-state index contributed by atoms with van der Waals surface area (Å²) in [6.07, 6.45) is 1.57. The summed E-state index contributed by atoms with van der Waals surface area (Å²) in [6, 6.07) is 6.81. The summed E-state index contributed by atoms with van der Waals surface area (Å²) in [5.41, 5.74) is 0.596. The molecule has 0 aliphatic heterocycles. The molecule has 5 heteroatoms. The molecule has 0 radical (unpaired) electrons. The van der Waals surface area contributed by atoms with Crippen LogP contribution in [0, 0.1) is 0 Å². The summed E-state index contributed by atoms with van der Waals surface area (Å²) >= 11 is 0. The van der Waals surface area contributed by atoms with Crippen LogP contribution in [0.2, 0.25) is 0 Å². The molecule has 2 heterocycles. The van der Waals surface area contributed by atoms with Crippen LogP contribution in [0.15, 0.2) is 44.2 Å². The van der Waals surface area contributed by atoms with E-state index in [0.29, 0.717) is 16.9 Å². The molecule has 0 fully saturated rings. The van der Waals surface area contributed by atoms with Crippen LogP contribution in [-0.2, 0) is 0 Å². The van der Waals surface area contributed by atoms with Crippen molar-refractivity contribution >= 4 is 40.8 Å². The number of benzene rings is 1. The molecule has 0 atom stereocenters. The van der Waals surface area contributed by atoms with Crippen LogP contribution in [0.4, 0.5) is 0 Å². The van der Waals surface area contributed by atoms with Crippen LogP contribution >= 0.6 is 0 Å². The van der Waals surface area contributed by atoms with Gasteiger partial charge >= 0.3 is 24.5 Å². The molecule has 4 nitrogen and oxygen atoms in total. The molecule has 0 saturated carbocycles. The van der Waals surface area contributed by atoms with E-state index in [2.05, 4.69) is 0 Å². The van der Waals surface area contributed by atoms with Gasteiger partial charge < -0.3 is 13.6 Å². The van der Waals surface area contributed by atoms with Crippen LogP contribution in [-0.4, -0.2) is 26.0 Å². The molecular weight excluding hydrogens is 215 g/mol. The van der Waals surface area contributed by atoms with E-state index in [1.54, 1.807) is 12.3 Å². The van der Waals surface area contributed by atoms with Gasteiger partial charge in [0.05, 0.1) is 13.4 Å². The normalized spacial score (nSPS) is 10.4. The quantitative estimate of drug-likeness (QED) is 0.468. The zero-order chi connectivity index (χ0) is 11.1. The Morgan fingerprint density at radius 2 is 1.88 bits per heavy atom. The molecule has 0 unspecified atom stereocenters. The number of fused-ring (bicyclic) bond motifs is 2. The second kappa shape index (κ2) is 4.32. The molecule has 17 heavy (non-hydrogen) atoms. The predicted molar refractivity (Wildman–Crippen MR) is 66.0 cm³/mol. The van der Waals surface area contributed by atoms with Gasteiger partial charge in [-0.1, -0.05) is 0 Å². The Morgan fingerprint density at radius 1 is 1.12 bits per heavy atom. The topological polar surface area (TPSA) is 52.6 Å². The van der Waals surface area contributed by atoms with E-state index in [4.69, 9.17) is 13.6 Å². The third-order valence-electron chi connectivity index (χ3n) is 2.49. The molecule has 0 bridgehead atoms. The Labute approximate surface area is 108 Å². The summed E-state index contributed by atoms with van der Waals surface area (Å²) in [7, 11) is 1.52. The van der Waals surface area contributed by atoms with E-state index in [9.17, 15) is 4.79 Å². The first-order valence-corrected chi connectivity index (χ1v) is 4.77. The minimum absolute atomic E-state index is 0. The molecule has 3 aromatic rings. The molecule has 3 rings (SSSR count). The third kappa shape index (κ3) is 1.76. The van der Waals surface area contributed by atoms with Gasteiger partial charge in [0.15, 0.2) is 11.2 Å². The average Bonchev–Trinajstić information content (AvgIpc) is 2.73. The van der Waals surface area contributed by atoms with Crippen LogP contribution in [0.5, 0.6) is 5.75 Å². The maximum absolute atomic E-state index is 11.2. The standard InChI is InChI=1S/C12H8O4.Li.H/c1-14-12-10-8(4-5-15-10)6-7-2-3-9(13)16-11(7)12;;/h2-6H,1H3;;. The van der Waals surface area contributed by atoms with Crippen LogP contribution in [0.1, 0.15) is 0 Å². The minimum atomic E-state index is -0.406. The summed E-state index contributed by atoms with van der Waals surface area (Å²) in [5.74, 6) is 0.454. The molecule has 2 aromatic heterocycles. The molecule has 1 aromatic carbocycles. The molecule has 0 aliphatic rings. The fraction of sp³-hybridized carbons (Fsp3) is 0.0833.